The van der Waals surface area contributed by atoms with Crippen molar-refractivity contribution in [2.24, 2.45) is 0 Å². The molecule has 1 heterocycles. The molecule has 1 aromatic carbocycles. The third-order valence-electron chi connectivity index (χ3n) is 2.53. The molecule has 0 atom stereocenters. The summed E-state index contributed by atoms with van der Waals surface area (Å²) in [6.07, 6.45) is 1.58. The molecule has 0 spiro atoms. The van der Waals surface area contributed by atoms with E-state index in [1.165, 1.54) is 0 Å². The fourth-order valence-electron chi connectivity index (χ4n) is 1.77. The average Bonchev–Trinajstić information content (AvgIpc) is 2.65. The smallest absolute Gasteiger partial charge is 0.227 e. The van der Waals surface area contributed by atoms with Gasteiger partial charge in [-0.1, -0.05) is 6.07 Å². The lowest BCUT2D eigenvalue weighted by atomic mass is 10.3. The van der Waals surface area contributed by atoms with Crippen LogP contribution in [0.1, 0.15) is 12.8 Å². The molecule has 0 radical (unpaired) electrons. The number of benzene rings is 1. The lowest BCUT2D eigenvalue weighted by Gasteiger charge is -2.18. The van der Waals surface area contributed by atoms with E-state index < -0.39 is 0 Å². The molecule has 15 heavy (non-hydrogen) atoms. The van der Waals surface area contributed by atoms with Crippen LogP contribution in [0.4, 0.5) is 5.69 Å². The van der Waals surface area contributed by atoms with Gasteiger partial charge < -0.3 is 9.64 Å². The fourth-order valence-corrected chi connectivity index (χ4v) is 2.41. The van der Waals surface area contributed by atoms with Crippen molar-refractivity contribution in [1.29, 1.82) is 0 Å². The maximum Gasteiger partial charge on any atom is 0.227 e. The first kappa shape index (κ1) is 10.5. The van der Waals surface area contributed by atoms with Crippen molar-refractivity contribution in [2.45, 2.75) is 12.8 Å². The number of methoxy groups -OCH3 is 1. The Morgan fingerprint density at radius 2 is 2.27 bits per heavy atom. The van der Waals surface area contributed by atoms with Gasteiger partial charge in [-0.2, -0.15) is 0 Å². The van der Waals surface area contributed by atoms with Gasteiger partial charge >= 0.3 is 0 Å². The molecule has 1 amide bonds. The number of halogens is 1. The number of rotatable bonds is 2. The summed E-state index contributed by atoms with van der Waals surface area (Å²) in [5, 5.41) is 0. The van der Waals surface area contributed by atoms with Gasteiger partial charge in [0.05, 0.1) is 17.3 Å². The number of amides is 1. The molecule has 4 heteroatoms. The van der Waals surface area contributed by atoms with Crippen molar-refractivity contribution in [2.75, 3.05) is 18.6 Å². The molecule has 0 saturated carbocycles. The van der Waals surface area contributed by atoms with E-state index >= 15 is 0 Å². The molecular formula is C11H12BrNO2. The zero-order valence-corrected chi connectivity index (χ0v) is 10.1. The van der Waals surface area contributed by atoms with E-state index in [0.29, 0.717) is 6.42 Å². The van der Waals surface area contributed by atoms with E-state index in [9.17, 15) is 4.79 Å². The number of hydrogen-bond acceptors (Lipinski definition) is 2. The lowest BCUT2D eigenvalue weighted by Crippen LogP contribution is -2.24. The second kappa shape index (κ2) is 4.23. The first-order chi connectivity index (χ1) is 7.24. The Morgan fingerprint density at radius 3 is 2.87 bits per heavy atom. The summed E-state index contributed by atoms with van der Waals surface area (Å²) in [7, 11) is 1.62. The van der Waals surface area contributed by atoms with Gasteiger partial charge in [0.2, 0.25) is 5.91 Å². The molecule has 1 aliphatic rings. The number of carbonyl (C=O) groups excluding carboxylic acids is 1. The van der Waals surface area contributed by atoms with Crippen molar-refractivity contribution in [3.63, 3.8) is 0 Å². The Labute approximate surface area is 97.2 Å². The Hall–Kier alpha value is -1.03. The number of ether oxygens (including phenoxy) is 1. The number of anilines is 1. The predicted molar refractivity (Wildman–Crippen MR) is 62.3 cm³/mol. The van der Waals surface area contributed by atoms with E-state index in [0.717, 1.165) is 28.9 Å². The summed E-state index contributed by atoms with van der Waals surface area (Å²) in [6.45, 7) is 0.796. The molecule has 0 bridgehead atoms. The van der Waals surface area contributed by atoms with Crippen LogP contribution in [0.15, 0.2) is 22.7 Å². The third-order valence-corrected chi connectivity index (χ3v) is 3.32. The van der Waals surface area contributed by atoms with Crippen LogP contribution < -0.4 is 9.64 Å². The largest absolute Gasteiger partial charge is 0.495 e. The normalized spacial score (nSPS) is 15.9. The van der Waals surface area contributed by atoms with Crippen molar-refractivity contribution in [1.82, 2.24) is 0 Å². The van der Waals surface area contributed by atoms with Crippen molar-refractivity contribution in [3.05, 3.63) is 22.7 Å². The second-order valence-electron chi connectivity index (χ2n) is 3.44. The van der Waals surface area contributed by atoms with Gasteiger partial charge in [0.25, 0.3) is 0 Å². The summed E-state index contributed by atoms with van der Waals surface area (Å²) in [6, 6.07) is 5.69. The molecule has 1 aromatic rings. The fraction of sp³-hybridized carbons (Fsp3) is 0.364. The molecular weight excluding hydrogens is 258 g/mol. The quantitative estimate of drug-likeness (QED) is 0.826. The van der Waals surface area contributed by atoms with E-state index in [4.69, 9.17) is 4.74 Å². The van der Waals surface area contributed by atoms with Crippen LogP contribution in [0, 0.1) is 0 Å². The van der Waals surface area contributed by atoms with Crippen molar-refractivity contribution >= 4 is 27.5 Å². The topological polar surface area (TPSA) is 29.5 Å². The molecule has 0 N–H and O–H groups in total. The monoisotopic (exact) mass is 269 g/mol. The highest BCUT2D eigenvalue weighted by Crippen LogP contribution is 2.36. The Balaban J connectivity index is 2.39. The van der Waals surface area contributed by atoms with E-state index in [-0.39, 0.29) is 5.91 Å². The summed E-state index contributed by atoms with van der Waals surface area (Å²) in [5.41, 5.74) is 0.900. The molecule has 1 aliphatic heterocycles. The second-order valence-corrected chi connectivity index (χ2v) is 4.24. The molecule has 80 valence electrons. The number of nitrogens with zero attached hydrogens (tertiary/aromatic N) is 1. The van der Waals surface area contributed by atoms with Gasteiger partial charge in [0, 0.05) is 13.0 Å². The molecule has 0 unspecified atom stereocenters. The highest BCUT2D eigenvalue weighted by molar-refractivity contribution is 9.10. The van der Waals surface area contributed by atoms with Gasteiger partial charge in [-0.25, -0.2) is 0 Å². The summed E-state index contributed by atoms with van der Waals surface area (Å²) in [5.74, 6) is 0.941. The van der Waals surface area contributed by atoms with Crippen LogP contribution in [0.25, 0.3) is 0 Å². The number of hydrogen-bond donors (Lipinski definition) is 0. The molecule has 3 nitrogen and oxygen atoms in total. The molecule has 0 aliphatic carbocycles. The minimum absolute atomic E-state index is 0.184. The maximum absolute atomic E-state index is 11.6. The first-order valence-electron chi connectivity index (χ1n) is 4.87. The maximum atomic E-state index is 11.6. The minimum Gasteiger partial charge on any atom is -0.495 e. The lowest BCUT2D eigenvalue weighted by molar-refractivity contribution is -0.117. The Kier molecular flexibility index (Phi) is 2.95. The summed E-state index contributed by atoms with van der Waals surface area (Å²) >= 11 is 3.46. The van der Waals surface area contributed by atoms with Gasteiger partial charge in [-0.05, 0) is 34.5 Å². The molecule has 1 saturated heterocycles. The van der Waals surface area contributed by atoms with Crippen molar-refractivity contribution < 1.29 is 9.53 Å². The van der Waals surface area contributed by atoms with E-state index in [1.807, 2.05) is 18.2 Å². The summed E-state index contributed by atoms with van der Waals surface area (Å²) in [4.78, 5) is 13.4. The SMILES string of the molecule is COc1cccc(N2CCCC2=O)c1Br. The third kappa shape index (κ3) is 1.86. The highest BCUT2D eigenvalue weighted by Gasteiger charge is 2.24. The Morgan fingerprint density at radius 1 is 1.47 bits per heavy atom. The first-order valence-corrected chi connectivity index (χ1v) is 5.66. The van der Waals surface area contributed by atoms with E-state index in [2.05, 4.69) is 15.9 Å². The Bertz CT molecular complexity index is 392. The summed E-state index contributed by atoms with van der Waals surface area (Å²) < 4.78 is 6.05. The van der Waals surface area contributed by atoms with Crippen LogP contribution in [0.3, 0.4) is 0 Å². The highest BCUT2D eigenvalue weighted by atomic mass is 79.9. The molecule has 0 aromatic heterocycles. The van der Waals surface area contributed by atoms with Crippen molar-refractivity contribution in [3.8, 4) is 5.75 Å². The van der Waals surface area contributed by atoms with Gasteiger partial charge in [-0.15, -0.1) is 0 Å². The van der Waals surface area contributed by atoms with Crippen LogP contribution in [-0.2, 0) is 4.79 Å². The van der Waals surface area contributed by atoms with Gasteiger partial charge in [-0.3, -0.25) is 4.79 Å². The van der Waals surface area contributed by atoms with Crippen LogP contribution >= 0.6 is 15.9 Å². The molecule has 1 fully saturated rings. The van der Waals surface area contributed by atoms with Crippen LogP contribution in [0.5, 0.6) is 5.75 Å². The zero-order chi connectivity index (χ0) is 10.8. The van der Waals surface area contributed by atoms with Crippen LogP contribution in [-0.4, -0.2) is 19.6 Å². The van der Waals surface area contributed by atoms with Crippen LogP contribution in [0.2, 0.25) is 0 Å². The molecule has 2 rings (SSSR count). The standard InChI is InChI=1S/C11H12BrNO2/c1-15-9-5-2-4-8(11(9)12)13-7-3-6-10(13)14/h2,4-5H,3,6-7H2,1H3. The average molecular weight is 270 g/mol. The van der Waals surface area contributed by atoms with Gasteiger partial charge in [0.15, 0.2) is 0 Å². The zero-order valence-electron chi connectivity index (χ0n) is 8.50. The van der Waals surface area contributed by atoms with Gasteiger partial charge in [0.1, 0.15) is 5.75 Å². The van der Waals surface area contributed by atoms with E-state index in [1.54, 1.807) is 12.0 Å². The minimum atomic E-state index is 0.184. The number of carbonyl (C=O) groups is 1. The predicted octanol–water partition coefficient (Wildman–Crippen LogP) is 2.58.